The van der Waals surface area contributed by atoms with E-state index in [1.807, 2.05) is 41.5 Å². The molecule has 0 radical (unpaired) electrons. The molecule has 0 aliphatic carbocycles. The number of amides is 1. The Hall–Kier alpha value is -1.06. The summed E-state index contributed by atoms with van der Waals surface area (Å²) in [5.74, 6) is 0.566. The van der Waals surface area contributed by atoms with Gasteiger partial charge in [0.25, 0.3) is 0 Å². The molecular formula is C11H22N2O2. The molecule has 0 rings (SSSR count). The Morgan fingerprint density at radius 1 is 1.13 bits per heavy atom. The molecule has 0 aliphatic rings. The van der Waals surface area contributed by atoms with Crippen LogP contribution in [0.15, 0.2) is 4.99 Å². The second-order valence-corrected chi connectivity index (χ2v) is 5.49. The number of amidine groups is 1. The summed E-state index contributed by atoms with van der Waals surface area (Å²) >= 11 is 0. The predicted molar refractivity (Wildman–Crippen MR) is 62.2 cm³/mol. The van der Waals surface area contributed by atoms with E-state index in [0.29, 0.717) is 5.84 Å². The van der Waals surface area contributed by atoms with Crippen molar-refractivity contribution in [2.75, 3.05) is 0 Å². The Morgan fingerprint density at radius 3 is 1.93 bits per heavy atom. The molecule has 0 saturated carbocycles. The Morgan fingerprint density at radius 2 is 1.60 bits per heavy atom. The van der Waals surface area contributed by atoms with Gasteiger partial charge in [-0.05, 0) is 48.5 Å². The second kappa shape index (κ2) is 4.64. The zero-order chi connectivity index (χ0) is 12.3. The first kappa shape index (κ1) is 13.9. The highest BCUT2D eigenvalue weighted by Gasteiger charge is 2.17. The number of rotatable bonds is 0. The lowest BCUT2D eigenvalue weighted by Crippen LogP contribution is -2.36. The lowest BCUT2D eigenvalue weighted by molar-refractivity contribution is 0.0562. The Labute approximate surface area is 92.1 Å². The first-order valence-corrected chi connectivity index (χ1v) is 5.06. The van der Waals surface area contributed by atoms with Crippen LogP contribution in [0, 0.1) is 0 Å². The first-order chi connectivity index (χ1) is 6.49. The van der Waals surface area contributed by atoms with Crippen LogP contribution in [0.4, 0.5) is 4.79 Å². The highest BCUT2D eigenvalue weighted by Crippen LogP contribution is 2.08. The molecule has 0 aliphatic heterocycles. The number of carbonyl (C=O) groups excluding carboxylic acids is 1. The van der Waals surface area contributed by atoms with Gasteiger partial charge in [0, 0.05) is 0 Å². The van der Waals surface area contributed by atoms with Gasteiger partial charge in [-0.1, -0.05) is 0 Å². The number of hydrogen-bond acceptors (Lipinski definition) is 3. The maximum Gasteiger partial charge on any atom is 0.413 e. The Bertz CT molecular complexity index is 257. The molecule has 0 saturated heterocycles. The Balaban J connectivity index is 4.26. The van der Waals surface area contributed by atoms with Crippen LogP contribution in [0.1, 0.15) is 48.5 Å². The number of alkyl carbamates (subject to hydrolysis) is 1. The van der Waals surface area contributed by atoms with Gasteiger partial charge < -0.3 is 4.74 Å². The Kier molecular flexibility index (Phi) is 4.31. The van der Waals surface area contributed by atoms with Crippen molar-refractivity contribution in [1.29, 1.82) is 0 Å². The van der Waals surface area contributed by atoms with Crippen molar-refractivity contribution >= 4 is 11.9 Å². The van der Waals surface area contributed by atoms with Gasteiger partial charge in [-0.2, -0.15) is 0 Å². The van der Waals surface area contributed by atoms with Crippen LogP contribution >= 0.6 is 0 Å². The molecule has 0 aromatic carbocycles. The van der Waals surface area contributed by atoms with E-state index >= 15 is 0 Å². The fourth-order valence-electron chi connectivity index (χ4n) is 0.982. The van der Waals surface area contributed by atoms with Crippen LogP contribution in [-0.4, -0.2) is 23.1 Å². The van der Waals surface area contributed by atoms with Crippen LogP contribution in [-0.2, 0) is 4.74 Å². The van der Waals surface area contributed by atoms with Gasteiger partial charge in [-0.15, -0.1) is 0 Å². The van der Waals surface area contributed by atoms with E-state index in [2.05, 4.69) is 10.3 Å². The molecule has 0 fully saturated rings. The molecule has 0 unspecified atom stereocenters. The number of ether oxygens (including phenoxy) is 1. The number of nitrogens with one attached hydrogen (secondary N) is 1. The van der Waals surface area contributed by atoms with Crippen LogP contribution in [0.2, 0.25) is 0 Å². The fraction of sp³-hybridized carbons (Fsp3) is 0.818. The van der Waals surface area contributed by atoms with Crippen molar-refractivity contribution in [2.45, 2.75) is 59.6 Å². The van der Waals surface area contributed by atoms with E-state index in [1.165, 1.54) is 0 Å². The van der Waals surface area contributed by atoms with Gasteiger partial charge >= 0.3 is 6.09 Å². The molecule has 1 amide bonds. The zero-order valence-corrected chi connectivity index (χ0v) is 10.8. The summed E-state index contributed by atoms with van der Waals surface area (Å²) in [7, 11) is 0. The average molecular weight is 214 g/mol. The third-order valence-electron chi connectivity index (χ3n) is 1.18. The van der Waals surface area contributed by atoms with E-state index < -0.39 is 11.7 Å². The van der Waals surface area contributed by atoms with Gasteiger partial charge in [-0.25, -0.2) is 4.79 Å². The molecule has 0 heterocycles. The SMILES string of the molecule is CC(=NC(C)(C)C)NC(=O)OC(C)(C)C. The van der Waals surface area contributed by atoms with Crippen molar-refractivity contribution < 1.29 is 9.53 Å². The highest BCUT2D eigenvalue weighted by atomic mass is 16.6. The minimum absolute atomic E-state index is 0.195. The van der Waals surface area contributed by atoms with E-state index in [9.17, 15) is 4.79 Å². The van der Waals surface area contributed by atoms with Gasteiger partial charge in [0.05, 0.1) is 5.54 Å². The van der Waals surface area contributed by atoms with Crippen molar-refractivity contribution in [3.63, 3.8) is 0 Å². The summed E-state index contributed by atoms with van der Waals surface area (Å²) in [4.78, 5) is 15.6. The minimum atomic E-state index is -0.480. The topological polar surface area (TPSA) is 50.7 Å². The third-order valence-corrected chi connectivity index (χ3v) is 1.18. The molecular weight excluding hydrogens is 192 g/mol. The summed E-state index contributed by atoms with van der Waals surface area (Å²) in [6.45, 7) is 13.1. The lowest BCUT2D eigenvalue weighted by atomic mass is 10.1. The lowest BCUT2D eigenvalue weighted by Gasteiger charge is -2.20. The maximum absolute atomic E-state index is 11.3. The molecule has 88 valence electrons. The summed E-state index contributed by atoms with van der Waals surface area (Å²) in [5.41, 5.74) is -0.675. The standard InChI is InChI=1S/C11H22N2O2/c1-8(13-10(2,3)4)12-9(14)15-11(5,6)7/h1-7H3,(H,12,13,14). The van der Waals surface area contributed by atoms with Gasteiger partial charge in [0.1, 0.15) is 11.4 Å². The van der Waals surface area contributed by atoms with Crippen LogP contribution < -0.4 is 5.32 Å². The number of hydrogen-bond donors (Lipinski definition) is 1. The van der Waals surface area contributed by atoms with Gasteiger partial charge in [0.15, 0.2) is 0 Å². The number of aliphatic imine (C=N–C) groups is 1. The summed E-state index contributed by atoms with van der Waals surface area (Å²) < 4.78 is 5.09. The molecule has 0 bridgehead atoms. The van der Waals surface area contributed by atoms with E-state index in [-0.39, 0.29) is 5.54 Å². The van der Waals surface area contributed by atoms with Crippen molar-refractivity contribution in [1.82, 2.24) is 5.32 Å². The molecule has 1 N–H and O–H groups in total. The minimum Gasteiger partial charge on any atom is -0.444 e. The third kappa shape index (κ3) is 9.25. The molecule has 15 heavy (non-hydrogen) atoms. The fourth-order valence-corrected chi connectivity index (χ4v) is 0.982. The van der Waals surface area contributed by atoms with Crippen molar-refractivity contribution in [3.8, 4) is 0 Å². The number of carbonyl (C=O) groups is 1. The van der Waals surface area contributed by atoms with Crippen LogP contribution in [0.25, 0.3) is 0 Å². The monoisotopic (exact) mass is 214 g/mol. The summed E-state index contributed by atoms with van der Waals surface area (Å²) in [5, 5.41) is 2.58. The van der Waals surface area contributed by atoms with Crippen molar-refractivity contribution in [3.05, 3.63) is 0 Å². The molecule has 0 aromatic heterocycles. The molecule has 4 heteroatoms. The van der Waals surface area contributed by atoms with Gasteiger partial charge in [-0.3, -0.25) is 10.3 Å². The molecule has 4 nitrogen and oxygen atoms in total. The van der Waals surface area contributed by atoms with Crippen LogP contribution in [0.3, 0.4) is 0 Å². The maximum atomic E-state index is 11.3. The first-order valence-electron chi connectivity index (χ1n) is 5.06. The average Bonchev–Trinajstić information content (AvgIpc) is 1.73. The normalized spacial score (nSPS) is 13.7. The summed E-state index contributed by atoms with van der Waals surface area (Å²) in [6, 6.07) is 0. The predicted octanol–water partition coefficient (Wildman–Crippen LogP) is 2.73. The van der Waals surface area contributed by atoms with Crippen LogP contribution in [0.5, 0.6) is 0 Å². The largest absolute Gasteiger partial charge is 0.444 e. The van der Waals surface area contributed by atoms with Crippen molar-refractivity contribution in [2.24, 2.45) is 4.99 Å². The smallest absolute Gasteiger partial charge is 0.413 e. The molecule has 0 aromatic rings. The quantitative estimate of drug-likeness (QED) is 0.498. The molecule has 0 spiro atoms. The highest BCUT2D eigenvalue weighted by molar-refractivity contribution is 5.94. The van der Waals surface area contributed by atoms with E-state index in [4.69, 9.17) is 4.74 Å². The summed E-state index contributed by atoms with van der Waals surface area (Å²) in [6.07, 6.45) is -0.465. The second-order valence-electron chi connectivity index (χ2n) is 5.49. The van der Waals surface area contributed by atoms with Gasteiger partial charge in [0.2, 0.25) is 0 Å². The molecule has 0 atom stereocenters. The zero-order valence-electron chi connectivity index (χ0n) is 10.8. The number of nitrogens with zero attached hydrogens (tertiary/aromatic N) is 1. The van der Waals surface area contributed by atoms with E-state index in [1.54, 1.807) is 6.92 Å². The van der Waals surface area contributed by atoms with E-state index in [0.717, 1.165) is 0 Å².